The van der Waals surface area contributed by atoms with Gasteiger partial charge in [-0.3, -0.25) is 0 Å². The minimum absolute atomic E-state index is 0.319. The van der Waals surface area contributed by atoms with Crippen LogP contribution in [0.2, 0.25) is 0 Å². The molecule has 0 radical (unpaired) electrons. The summed E-state index contributed by atoms with van der Waals surface area (Å²) in [7, 11) is 0. The van der Waals surface area contributed by atoms with E-state index in [1.807, 2.05) is 11.8 Å². The van der Waals surface area contributed by atoms with Crippen LogP contribution in [-0.4, -0.2) is 18.1 Å². The molecule has 0 fully saturated rings. The largest absolute Gasteiger partial charge is 0.459 e. The quantitative estimate of drug-likeness (QED) is 0.698. The molecule has 0 saturated carbocycles. The van der Waals surface area contributed by atoms with Gasteiger partial charge in [0.25, 0.3) is 0 Å². The smallest absolute Gasteiger partial charge is 0.134 e. The van der Waals surface area contributed by atoms with E-state index in [0.29, 0.717) is 6.04 Å². The zero-order valence-corrected chi connectivity index (χ0v) is 13.6. The predicted molar refractivity (Wildman–Crippen MR) is 89.6 cm³/mol. The fourth-order valence-corrected chi connectivity index (χ4v) is 3.23. The predicted octanol–water partition coefficient (Wildman–Crippen LogP) is 4.93. The van der Waals surface area contributed by atoms with Gasteiger partial charge in [-0.2, -0.15) is 11.8 Å². The second-order valence-electron chi connectivity index (χ2n) is 5.27. The highest BCUT2D eigenvalue weighted by Gasteiger charge is 2.15. The Balaban J connectivity index is 2.15. The van der Waals surface area contributed by atoms with Crippen molar-refractivity contribution in [3.05, 3.63) is 35.6 Å². The van der Waals surface area contributed by atoms with Crippen LogP contribution in [0.5, 0.6) is 0 Å². The maximum absolute atomic E-state index is 6.04. The summed E-state index contributed by atoms with van der Waals surface area (Å²) in [6.45, 7) is 7.58. The van der Waals surface area contributed by atoms with Gasteiger partial charge in [-0.25, -0.2) is 0 Å². The van der Waals surface area contributed by atoms with Crippen LogP contribution >= 0.6 is 11.8 Å². The second-order valence-corrected chi connectivity index (χ2v) is 6.42. The Morgan fingerprint density at radius 2 is 2.05 bits per heavy atom. The van der Waals surface area contributed by atoms with E-state index in [9.17, 15) is 0 Å². The lowest BCUT2D eigenvalue weighted by Crippen LogP contribution is -2.23. The molecule has 1 unspecified atom stereocenters. The van der Waals surface area contributed by atoms with Gasteiger partial charge in [0.15, 0.2) is 0 Å². The third-order valence-electron chi connectivity index (χ3n) is 3.31. The normalized spacial score (nSPS) is 12.9. The molecule has 0 saturated heterocycles. The molecule has 1 heterocycles. The molecule has 1 N–H and O–H groups in total. The molecule has 1 aromatic heterocycles. The molecule has 110 valence electrons. The third kappa shape index (κ3) is 4.03. The van der Waals surface area contributed by atoms with Crippen molar-refractivity contribution in [3.8, 4) is 0 Å². The SMILES string of the molecule is CCCNC(CSCCC)c1cc2cc(C)ccc2o1. The Bertz CT molecular complexity index is 535. The lowest BCUT2D eigenvalue weighted by atomic mass is 10.1. The second kappa shape index (κ2) is 7.75. The average Bonchev–Trinajstić information content (AvgIpc) is 2.85. The Morgan fingerprint density at radius 3 is 2.80 bits per heavy atom. The number of aryl methyl sites for hydroxylation is 1. The van der Waals surface area contributed by atoms with Gasteiger partial charge >= 0.3 is 0 Å². The van der Waals surface area contributed by atoms with Crippen LogP contribution in [0.1, 0.15) is 44.1 Å². The van der Waals surface area contributed by atoms with Crippen LogP contribution in [0, 0.1) is 6.92 Å². The Morgan fingerprint density at radius 1 is 1.20 bits per heavy atom. The summed E-state index contributed by atoms with van der Waals surface area (Å²) in [6, 6.07) is 8.89. The summed E-state index contributed by atoms with van der Waals surface area (Å²) in [4.78, 5) is 0. The number of nitrogens with one attached hydrogen (secondary N) is 1. The Kier molecular flexibility index (Phi) is 5.99. The maximum Gasteiger partial charge on any atom is 0.134 e. The summed E-state index contributed by atoms with van der Waals surface area (Å²) in [5.41, 5.74) is 2.28. The van der Waals surface area contributed by atoms with E-state index >= 15 is 0 Å². The van der Waals surface area contributed by atoms with E-state index in [4.69, 9.17) is 4.42 Å². The van der Waals surface area contributed by atoms with Gasteiger partial charge in [0.05, 0.1) is 6.04 Å². The van der Waals surface area contributed by atoms with E-state index < -0.39 is 0 Å². The molecule has 1 aromatic carbocycles. The summed E-state index contributed by atoms with van der Waals surface area (Å²) < 4.78 is 6.04. The lowest BCUT2D eigenvalue weighted by molar-refractivity contribution is 0.456. The molecule has 0 bridgehead atoms. The first kappa shape index (κ1) is 15.5. The van der Waals surface area contributed by atoms with Crippen molar-refractivity contribution in [3.63, 3.8) is 0 Å². The molecular formula is C17H25NOS. The van der Waals surface area contributed by atoms with E-state index in [1.54, 1.807) is 0 Å². The number of benzene rings is 1. The number of hydrogen-bond acceptors (Lipinski definition) is 3. The van der Waals surface area contributed by atoms with Gasteiger partial charge < -0.3 is 9.73 Å². The van der Waals surface area contributed by atoms with E-state index in [1.165, 1.54) is 23.1 Å². The number of furan rings is 1. The van der Waals surface area contributed by atoms with E-state index in [0.717, 1.165) is 30.1 Å². The number of hydrogen-bond donors (Lipinski definition) is 1. The van der Waals surface area contributed by atoms with Crippen molar-refractivity contribution in [2.24, 2.45) is 0 Å². The van der Waals surface area contributed by atoms with Crippen molar-refractivity contribution < 1.29 is 4.42 Å². The van der Waals surface area contributed by atoms with Gasteiger partial charge in [0.1, 0.15) is 11.3 Å². The molecule has 0 aliphatic rings. The standard InChI is InChI=1S/C17H25NOS/c1-4-8-18-15(12-20-9-5-2)17-11-14-10-13(3)6-7-16(14)19-17/h6-7,10-11,15,18H,4-5,8-9,12H2,1-3H3. The van der Waals surface area contributed by atoms with Gasteiger partial charge in [-0.1, -0.05) is 25.5 Å². The molecule has 0 aliphatic carbocycles. The molecule has 0 spiro atoms. The molecule has 1 atom stereocenters. The fourth-order valence-electron chi connectivity index (χ4n) is 2.26. The number of thioether (sulfide) groups is 1. The highest BCUT2D eigenvalue weighted by atomic mass is 32.2. The summed E-state index contributed by atoms with van der Waals surface area (Å²) in [6.07, 6.45) is 2.37. The molecule has 2 nitrogen and oxygen atoms in total. The molecule has 0 aliphatic heterocycles. The van der Waals surface area contributed by atoms with Crippen LogP contribution in [-0.2, 0) is 0 Å². The van der Waals surface area contributed by atoms with E-state index in [-0.39, 0.29) is 0 Å². The zero-order chi connectivity index (χ0) is 14.4. The third-order valence-corrected chi connectivity index (χ3v) is 4.57. The maximum atomic E-state index is 6.04. The lowest BCUT2D eigenvalue weighted by Gasteiger charge is -2.15. The summed E-state index contributed by atoms with van der Waals surface area (Å²) >= 11 is 2.00. The molecule has 3 heteroatoms. The Hall–Kier alpha value is -0.930. The van der Waals surface area contributed by atoms with Crippen molar-refractivity contribution in [2.75, 3.05) is 18.1 Å². The van der Waals surface area contributed by atoms with Crippen LogP contribution in [0.15, 0.2) is 28.7 Å². The topological polar surface area (TPSA) is 25.2 Å². The van der Waals surface area contributed by atoms with Gasteiger partial charge in [0.2, 0.25) is 0 Å². The highest BCUT2D eigenvalue weighted by molar-refractivity contribution is 7.99. The first-order chi connectivity index (χ1) is 9.74. The van der Waals surface area contributed by atoms with Crippen molar-refractivity contribution in [2.45, 2.75) is 39.7 Å². The molecule has 20 heavy (non-hydrogen) atoms. The van der Waals surface area contributed by atoms with Crippen molar-refractivity contribution >= 4 is 22.7 Å². The van der Waals surface area contributed by atoms with Crippen molar-refractivity contribution in [1.29, 1.82) is 0 Å². The van der Waals surface area contributed by atoms with E-state index in [2.05, 4.69) is 50.4 Å². The number of rotatable bonds is 8. The molecule has 0 amide bonds. The first-order valence-electron chi connectivity index (χ1n) is 7.55. The molecule has 2 rings (SSSR count). The van der Waals surface area contributed by atoms with Gasteiger partial charge in [-0.05, 0) is 50.3 Å². The van der Waals surface area contributed by atoms with Crippen LogP contribution in [0.4, 0.5) is 0 Å². The van der Waals surface area contributed by atoms with Crippen LogP contribution in [0.3, 0.4) is 0 Å². The molecular weight excluding hydrogens is 266 g/mol. The fraction of sp³-hybridized carbons (Fsp3) is 0.529. The summed E-state index contributed by atoms with van der Waals surface area (Å²) in [5, 5.41) is 4.82. The van der Waals surface area contributed by atoms with Gasteiger partial charge in [0, 0.05) is 11.1 Å². The highest BCUT2D eigenvalue weighted by Crippen LogP contribution is 2.27. The zero-order valence-electron chi connectivity index (χ0n) is 12.7. The summed E-state index contributed by atoms with van der Waals surface area (Å²) in [5.74, 6) is 3.36. The minimum atomic E-state index is 0.319. The van der Waals surface area contributed by atoms with Crippen molar-refractivity contribution in [1.82, 2.24) is 5.32 Å². The number of fused-ring (bicyclic) bond motifs is 1. The average molecular weight is 291 g/mol. The van der Waals surface area contributed by atoms with Gasteiger partial charge in [-0.15, -0.1) is 0 Å². The monoisotopic (exact) mass is 291 g/mol. The minimum Gasteiger partial charge on any atom is -0.459 e. The first-order valence-corrected chi connectivity index (χ1v) is 8.71. The molecule has 2 aromatic rings. The van der Waals surface area contributed by atoms with Crippen LogP contribution in [0.25, 0.3) is 11.0 Å². The Labute approximate surface area is 126 Å². The van der Waals surface area contributed by atoms with Crippen LogP contribution < -0.4 is 5.32 Å².